The van der Waals surface area contributed by atoms with Crippen LogP contribution in [0.25, 0.3) is 0 Å². The molecule has 1 unspecified atom stereocenters. The molecule has 33 heavy (non-hydrogen) atoms. The van der Waals surface area contributed by atoms with Crippen LogP contribution >= 0.6 is 0 Å². The van der Waals surface area contributed by atoms with E-state index in [4.69, 9.17) is 4.74 Å². The van der Waals surface area contributed by atoms with Gasteiger partial charge in [-0.25, -0.2) is 0 Å². The molecule has 1 atom stereocenters. The molecule has 3 N–H and O–H groups in total. The number of amides is 2. The van der Waals surface area contributed by atoms with Gasteiger partial charge in [-0.05, 0) is 67.4 Å². The van der Waals surface area contributed by atoms with E-state index in [-0.39, 0.29) is 24.4 Å². The summed E-state index contributed by atoms with van der Waals surface area (Å²) in [6.07, 6.45) is 2.06. The predicted molar refractivity (Wildman–Crippen MR) is 133 cm³/mol. The number of unbranched alkanes of at least 4 members (excludes halogenated alkanes) is 1. The molecule has 3 aromatic carbocycles. The third-order valence-corrected chi connectivity index (χ3v) is 5.14. The molecule has 3 aromatic rings. The number of ether oxygens (including phenoxy) is 1. The van der Waals surface area contributed by atoms with Crippen LogP contribution in [-0.2, 0) is 4.79 Å². The second kappa shape index (κ2) is 12.3. The second-order valence-electron chi connectivity index (χ2n) is 7.81. The summed E-state index contributed by atoms with van der Waals surface area (Å²) in [5.41, 5.74) is 3.30. The highest BCUT2D eigenvalue weighted by molar-refractivity contribution is 5.99. The van der Waals surface area contributed by atoms with Gasteiger partial charge in [-0.15, -0.1) is 0 Å². The van der Waals surface area contributed by atoms with Crippen molar-refractivity contribution in [1.29, 1.82) is 0 Å². The minimum atomic E-state index is -0.306. The molecule has 0 aliphatic heterocycles. The lowest BCUT2D eigenvalue weighted by Gasteiger charge is -2.16. The van der Waals surface area contributed by atoms with Crippen molar-refractivity contribution in [3.05, 3.63) is 90.0 Å². The van der Waals surface area contributed by atoms with Crippen molar-refractivity contribution in [3.8, 4) is 5.75 Å². The Hall–Kier alpha value is -3.80. The highest BCUT2D eigenvalue weighted by atomic mass is 16.5. The third-order valence-electron chi connectivity index (χ3n) is 5.14. The first kappa shape index (κ1) is 23.9. The summed E-state index contributed by atoms with van der Waals surface area (Å²) in [6.45, 7) is 4.75. The van der Waals surface area contributed by atoms with Crippen LogP contribution in [0.15, 0.2) is 78.9 Å². The molecule has 0 heterocycles. The molecular formula is C27H31N3O3. The fourth-order valence-corrected chi connectivity index (χ4v) is 3.23. The molecule has 0 aromatic heterocycles. The number of carbonyl (C=O) groups is 2. The predicted octanol–water partition coefficient (Wildman–Crippen LogP) is 5.41. The van der Waals surface area contributed by atoms with Crippen molar-refractivity contribution in [2.75, 3.05) is 23.8 Å². The molecule has 0 saturated carbocycles. The Balaban J connectivity index is 1.43. The summed E-state index contributed by atoms with van der Waals surface area (Å²) < 4.78 is 5.60. The Labute approximate surface area is 195 Å². The first-order valence-corrected chi connectivity index (χ1v) is 11.3. The molecule has 0 aliphatic carbocycles. The van der Waals surface area contributed by atoms with Gasteiger partial charge in [0.1, 0.15) is 5.75 Å². The van der Waals surface area contributed by atoms with Crippen molar-refractivity contribution in [1.82, 2.24) is 5.32 Å². The summed E-state index contributed by atoms with van der Waals surface area (Å²) in [5, 5.41) is 8.88. The summed E-state index contributed by atoms with van der Waals surface area (Å²) in [7, 11) is 0. The largest absolute Gasteiger partial charge is 0.494 e. The van der Waals surface area contributed by atoms with Gasteiger partial charge in [0.05, 0.1) is 13.2 Å². The average Bonchev–Trinajstić information content (AvgIpc) is 2.85. The molecule has 0 saturated heterocycles. The Morgan fingerprint density at radius 2 is 1.55 bits per heavy atom. The van der Waals surface area contributed by atoms with Crippen LogP contribution in [0.1, 0.15) is 48.7 Å². The van der Waals surface area contributed by atoms with Crippen LogP contribution in [0, 0.1) is 0 Å². The van der Waals surface area contributed by atoms with Gasteiger partial charge < -0.3 is 20.7 Å². The fourth-order valence-electron chi connectivity index (χ4n) is 3.23. The zero-order valence-electron chi connectivity index (χ0n) is 19.1. The van der Waals surface area contributed by atoms with E-state index in [0.717, 1.165) is 24.3 Å². The molecule has 0 aliphatic rings. The number of nitrogens with one attached hydrogen (secondary N) is 3. The SMILES string of the molecule is CCCCOc1ccc(C(=O)NCC(=O)Nc2ccc(NC(C)c3ccccc3)cc2)cc1. The smallest absolute Gasteiger partial charge is 0.251 e. The lowest BCUT2D eigenvalue weighted by atomic mass is 10.1. The van der Waals surface area contributed by atoms with Gasteiger partial charge in [0.2, 0.25) is 5.91 Å². The quantitative estimate of drug-likeness (QED) is 0.345. The van der Waals surface area contributed by atoms with Crippen LogP contribution in [0.3, 0.4) is 0 Å². The number of anilines is 2. The molecule has 0 spiro atoms. The summed E-state index contributed by atoms with van der Waals surface area (Å²) in [5.74, 6) is 0.134. The van der Waals surface area contributed by atoms with E-state index in [9.17, 15) is 9.59 Å². The molecule has 0 bridgehead atoms. The normalized spacial score (nSPS) is 11.3. The van der Waals surface area contributed by atoms with Crippen molar-refractivity contribution in [2.24, 2.45) is 0 Å². The van der Waals surface area contributed by atoms with Crippen molar-refractivity contribution in [2.45, 2.75) is 32.7 Å². The molecule has 172 valence electrons. The maximum atomic E-state index is 12.3. The first-order valence-electron chi connectivity index (χ1n) is 11.3. The minimum absolute atomic E-state index is 0.112. The van der Waals surface area contributed by atoms with E-state index in [1.165, 1.54) is 5.56 Å². The van der Waals surface area contributed by atoms with E-state index in [1.807, 2.05) is 42.5 Å². The average molecular weight is 446 g/mol. The summed E-state index contributed by atoms with van der Waals surface area (Å²) in [6, 6.07) is 24.8. The zero-order chi connectivity index (χ0) is 23.5. The Kier molecular flexibility index (Phi) is 8.88. The van der Waals surface area contributed by atoms with Crippen LogP contribution in [-0.4, -0.2) is 25.0 Å². The van der Waals surface area contributed by atoms with Gasteiger partial charge in [0, 0.05) is 23.0 Å². The zero-order valence-corrected chi connectivity index (χ0v) is 19.1. The van der Waals surface area contributed by atoms with Crippen LogP contribution in [0.5, 0.6) is 5.75 Å². The maximum absolute atomic E-state index is 12.3. The van der Waals surface area contributed by atoms with Gasteiger partial charge in [-0.1, -0.05) is 43.7 Å². The number of hydrogen-bond acceptors (Lipinski definition) is 4. The van der Waals surface area contributed by atoms with Gasteiger partial charge in [-0.2, -0.15) is 0 Å². The monoisotopic (exact) mass is 445 g/mol. The number of benzene rings is 3. The second-order valence-corrected chi connectivity index (χ2v) is 7.81. The van der Waals surface area contributed by atoms with E-state index in [0.29, 0.717) is 17.9 Å². The van der Waals surface area contributed by atoms with Gasteiger partial charge >= 0.3 is 0 Å². The molecule has 2 amide bonds. The number of rotatable bonds is 11. The summed E-state index contributed by atoms with van der Waals surface area (Å²) in [4.78, 5) is 24.5. The topological polar surface area (TPSA) is 79.5 Å². The molecule has 6 nitrogen and oxygen atoms in total. The standard InChI is InChI=1S/C27H31N3O3/c1-3-4-18-33-25-16-10-22(11-17-25)27(32)28-19-26(31)30-24-14-12-23(13-15-24)29-20(2)21-8-6-5-7-9-21/h5-17,20,29H,3-4,18-19H2,1-2H3,(H,28,32)(H,30,31). The third kappa shape index (κ3) is 7.68. The molecule has 0 fully saturated rings. The number of hydrogen-bond donors (Lipinski definition) is 3. The van der Waals surface area contributed by atoms with Crippen LogP contribution in [0.4, 0.5) is 11.4 Å². The minimum Gasteiger partial charge on any atom is -0.494 e. The molecular weight excluding hydrogens is 414 g/mol. The summed E-state index contributed by atoms with van der Waals surface area (Å²) >= 11 is 0. The van der Waals surface area contributed by atoms with Crippen molar-refractivity contribution in [3.63, 3.8) is 0 Å². The van der Waals surface area contributed by atoms with E-state index in [1.54, 1.807) is 24.3 Å². The van der Waals surface area contributed by atoms with E-state index in [2.05, 4.69) is 41.9 Å². The maximum Gasteiger partial charge on any atom is 0.251 e. The fraction of sp³-hybridized carbons (Fsp3) is 0.259. The Morgan fingerprint density at radius 1 is 0.879 bits per heavy atom. The van der Waals surface area contributed by atoms with Crippen molar-refractivity contribution < 1.29 is 14.3 Å². The molecule has 6 heteroatoms. The van der Waals surface area contributed by atoms with E-state index < -0.39 is 0 Å². The lowest BCUT2D eigenvalue weighted by Crippen LogP contribution is -2.32. The van der Waals surface area contributed by atoms with Crippen molar-refractivity contribution >= 4 is 23.2 Å². The lowest BCUT2D eigenvalue weighted by molar-refractivity contribution is -0.115. The van der Waals surface area contributed by atoms with Gasteiger partial charge in [0.25, 0.3) is 5.91 Å². The van der Waals surface area contributed by atoms with Crippen LogP contribution in [0.2, 0.25) is 0 Å². The van der Waals surface area contributed by atoms with Crippen LogP contribution < -0.4 is 20.7 Å². The molecule has 3 rings (SSSR count). The molecule has 0 radical (unpaired) electrons. The Bertz CT molecular complexity index is 1020. The highest BCUT2D eigenvalue weighted by Gasteiger charge is 2.09. The highest BCUT2D eigenvalue weighted by Crippen LogP contribution is 2.20. The Morgan fingerprint density at radius 3 is 2.21 bits per heavy atom. The van der Waals surface area contributed by atoms with E-state index >= 15 is 0 Å². The van der Waals surface area contributed by atoms with Gasteiger partial charge in [0.15, 0.2) is 0 Å². The van der Waals surface area contributed by atoms with Gasteiger partial charge in [-0.3, -0.25) is 9.59 Å². The first-order chi connectivity index (χ1) is 16.0. The number of carbonyl (C=O) groups excluding carboxylic acids is 2.